The van der Waals surface area contributed by atoms with E-state index in [1.165, 1.54) is 44.7 Å². The number of piperazine rings is 1. The molecule has 3 aromatic rings. The molecule has 4 rings (SSSR count). The van der Waals surface area contributed by atoms with Gasteiger partial charge in [-0.25, -0.2) is 4.98 Å². The van der Waals surface area contributed by atoms with Gasteiger partial charge in [0.05, 0.1) is 27.4 Å². The first-order valence-electron chi connectivity index (χ1n) is 13.8. The molecule has 1 aliphatic rings. The minimum Gasteiger partial charge on any atom is -0.530 e. The van der Waals surface area contributed by atoms with Crippen LogP contribution in [0.3, 0.4) is 0 Å². The molecule has 238 valence electrons. The molecular weight excluding hydrogens is 585 g/mol. The van der Waals surface area contributed by atoms with E-state index in [-0.39, 0.29) is 17.3 Å². The third-order valence-electron chi connectivity index (χ3n) is 6.84. The number of aromatic nitrogens is 2. The van der Waals surface area contributed by atoms with Gasteiger partial charge in [-0.05, 0) is 25.6 Å². The highest BCUT2D eigenvalue weighted by molar-refractivity contribution is 5.83. The summed E-state index contributed by atoms with van der Waals surface area (Å²) in [7, 11) is 5.10. The molecule has 2 heterocycles. The average molecular weight is 620 g/mol. The van der Waals surface area contributed by atoms with Gasteiger partial charge in [0.1, 0.15) is 17.7 Å². The topological polar surface area (TPSA) is 125 Å². The highest BCUT2D eigenvalue weighted by atomic mass is 19.4. The minimum absolute atomic E-state index is 0.00136. The van der Waals surface area contributed by atoms with Crippen molar-refractivity contribution in [1.29, 1.82) is 0 Å². The third kappa shape index (κ3) is 9.00. The number of carboxylic acid groups (broad SMARTS) is 1. The van der Waals surface area contributed by atoms with Crippen molar-refractivity contribution in [2.45, 2.75) is 19.3 Å². The van der Waals surface area contributed by atoms with Gasteiger partial charge in [0, 0.05) is 62.3 Å². The zero-order chi connectivity index (χ0) is 31.7. The number of hydrogen-bond acceptors (Lipinski definition) is 11. The van der Waals surface area contributed by atoms with Gasteiger partial charge in [0.2, 0.25) is 11.7 Å². The van der Waals surface area contributed by atoms with Gasteiger partial charge in [-0.2, -0.15) is 4.98 Å². The molecule has 2 aromatic carbocycles. The zero-order valence-corrected chi connectivity index (χ0v) is 24.6. The number of alkyl halides is 3. The first-order chi connectivity index (χ1) is 21.1. The van der Waals surface area contributed by atoms with E-state index >= 15 is 0 Å². The molecule has 0 aliphatic carbocycles. The van der Waals surface area contributed by atoms with Crippen molar-refractivity contribution in [2.75, 3.05) is 70.8 Å². The van der Waals surface area contributed by atoms with Crippen LogP contribution in [-0.2, 0) is 6.54 Å². The predicted molar refractivity (Wildman–Crippen MR) is 154 cm³/mol. The largest absolute Gasteiger partial charge is 0.573 e. The van der Waals surface area contributed by atoms with Gasteiger partial charge < -0.3 is 48.9 Å². The Morgan fingerprint density at radius 3 is 2.36 bits per heavy atom. The fourth-order valence-electron chi connectivity index (χ4n) is 4.59. The Hall–Kier alpha value is -4.50. The number of nitrogens with zero attached hydrogens (tertiary/aromatic N) is 5. The van der Waals surface area contributed by atoms with E-state index in [0.717, 1.165) is 45.2 Å². The Labute approximate surface area is 252 Å². The van der Waals surface area contributed by atoms with Crippen molar-refractivity contribution in [3.8, 4) is 23.0 Å². The molecule has 1 fully saturated rings. The number of nitrogens with one attached hydrogen (secondary N) is 1. The number of benzene rings is 2. The fourth-order valence-corrected chi connectivity index (χ4v) is 4.59. The SMILES string of the molecule is COc1cc(Nc2nccc(N(Cc3ccccc3OC(F)(F)F)C(=O)[O-])n2)cc(OC)c1OCCCN1CCN(C)CC1. The number of carbonyl (C=O) groups excluding carboxylic acids is 1. The van der Waals surface area contributed by atoms with Gasteiger partial charge in [0.25, 0.3) is 0 Å². The number of hydrogen-bond donors (Lipinski definition) is 1. The number of amides is 1. The van der Waals surface area contributed by atoms with Crippen LogP contribution in [-0.4, -0.2) is 92.8 Å². The number of anilines is 3. The molecular formula is C29H34F3N6O6-. The molecule has 1 aliphatic heterocycles. The molecule has 1 aromatic heterocycles. The van der Waals surface area contributed by atoms with Crippen LogP contribution in [0.5, 0.6) is 23.0 Å². The number of methoxy groups -OCH3 is 2. The Morgan fingerprint density at radius 2 is 1.73 bits per heavy atom. The molecule has 12 nitrogen and oxygen atoms in total. The summed E-state index contributed by atoms with van der Waals surface area (Å²) in [5.74, 6) is 0.526. The highest BCUT2D eigenvalue weighted by Crippen LogP contribution is 2.41. The summed E-state index contributed by atoms with van der Waals surface area (Å²) < 4.78 is 59.8. The standard InChI is InChI=1S/C29H35F3N6O6/c1-36-12-14-37(15-13-36)11-6-16-43-26-23(41-2)17-21(18-24(26)42-3)34-27-33-10-9-25(35-27)38(28(39)40)19-20-7-4-5-8-22(20)44-29(30,31)32/h4-5,7-10,17-18H,6,11-16,19H2,1-3H3,(H,39,40)(H,33,34,35)/p-1. The Balaban J connectivity index is 1.47. The lowest BCUT2D eigenvalue weighted by molar-refractivity contribution is -0.274. The minimum atomic E-state index is -4.96. The Morgan fingerprint density at radius 1 is 1.05 bits per heavy atom. The number of rotatable bonds is 13. The summed E-state index contributed by atoms with van der Waals surface area (Å²) in [6, 6.07) is 9.78. The second-order valence-corrected chi connectivity index (χ2v) is 9.93. The van der Waals surface area contributed by atoms with E-state index in [1.807, 2.05) is 0 Å². The second-order valence-electron chi connectivity index (χ2n) is 9.93. The maximum absolute atomic E-state index is 12.9. The lowest BCUT2D eigenvalue weighted by Gasteiger charge is -2.32. The van der Waals surface area contributed by atoms with Crippen LogP contribution >= 0.6 is 0 Å². The fraction of sp³-hybridized carbons (Fsp3) is 0.414. The molecule has 0 spiro atoms. The maximum atomic E-state index is 12.9. The normalized spacial score (nSPS) is 14.1. The summed E-state index contributed by atoms with van der Waals surface area (Å²) in [6.45, 7) is 4.97. The molecule has 1 amide bonds. The summed E-state index contributed by atoms with van der Waals surface area (Å²) in [5, 5.41) is 15.0. The van der Waals surface area contributed by atoms with E-state index in [0.29, 0.717) is 34.4 Å². The van der Waals surface area contributed by atoms with Gasteiger partial charge in [-0.1, -0.05) is 18.2 Å². The van der Waals surface area contributed by atoms with Crippen molar-refractivity contribution in [3.05, 3.63) is 54.2 Å². The molecule has 0 atom stereocenters. The molecule has 0 radical (unpaired) electrons. The van der Waals surface area contributed by atoms with Crippen LogP contribution in [0, 0.1) is 0 Å². The average Bonchev–Trinajstić information content (AvgIpc) is 2.99. The van der Waals surface area contributed by atoms with E-state index in [9.17, 15) is 23.1 Å². The van der Waals surface area contributed by atoms with Gasteiger partial charge in [0.15, 0.2) is 11.5 Å². The van der Waals surface area contributed by atoms with Crippen LogP contribution < -0.4 is 34.3 Å². The van der Waals surface area contributed by atoms with E-state index in [2.05, 4.69) is 36.9 Å². The molecule has 15 heteroatoms. The van der Waals surface area contributed by atoms with Crippen LogP contribution in [0.4, 0.5) is 35.4 Å². The first-order valence-corrected chi connectivity index (χ1v) is 13.8. The van der Waals surface area contributed by atoms with Crippen molar-refractivity contribution >= 4 is 23.5 Å². The van der Waals surface area contributed by atoms with Crippen molar-refractivity contribution in [1.82, 2.24) is 19.8 Å². The van der Waals surface area contributed by atoms with Crippen molar-refractivity contribution < 1.29 is 42.0 Å². The number of para-hydroxylation sites is 1. The lowest BCUT2D eigenvalue weighted by Crippen LogP contribution is -2.44. The number of halogens is 3. The van der Waals surface area contributed by atoms with Crippen LogP contribution in [0.2, 0.25) is 0 Å². The van der Waals surface area contributed by atoms with Crippen LogP contribution in [0.1, 0.15) is 12.0 Å². The molecule has 1 N–H and O–H groups in total. The van der Waals surface area contributed by atoms with Gasteiger partial charge in [-0.15, -0.1) is 13.2 Å². The number of likely N-dealkylation sites (N-methyl/N-ethyl adjacent to an activating group) is 1. The molecule has 44 heavy (non-hydrogen) atoms. The quantitative estimate of drug-likeness (QED) is 0.283. The van der Waals surface area contributed by atoms with E-state index < -0.39 is 24.7 Å². The summed E-state index contributed by atoms with van der Waals surface area (Å²) in [4.78, 5) is 25.7. The van der Waals surface area contributed by atoms with Crippen LogP contribution in [0.25, 0.3) is 0 Å². The zero-order valence-electron chi connectivity index (χ0n) is 24.6. The van der Waals surface area contributed by atoms with Crippen molar-refractivity contribution in [2.24, 2.45) is 0 Å². The van der Waals surface area contributed by atoms with E-state index in [1.54, 1.807) is 12.1 Å². The molecule has 0 unspecified atom stereocenters. The van der Waals surface area contributed by atoms with Crippen LogP contribution in [0.15, 0.2) is 48.7 Å². The monoisotopic (exact) mass is 619 g/mol. The Bertz CT molecular complexity index is 1380. The first kappa shape index (κ1) is 32.4. The molecule has 1 saturated heterocycles. The highest BCUT2D eigenvalue weighted by Gasteiger charge is 2.32. The predicted octanol–water partition coefficient (Wildman–Crippen LogP) is 3.50. The lowest BCUT2D eigenvalue weighted by atomic mass is 10.2. The van der Waals surface area contributed by atoms with E-state index in [4.69, 9.17) is 14.2 Å². The smallest absolute Gasteiger partial charge is 0.530 e. The summed E-state index contributed by atoms with van der Waals surface area (Å²) >= 11 is 0. The van der Waals surface area contributed by atoms with Gasteiger partial charge >= 0.3 is 6.36 Å². The Kier molecular flexibility index (Phi) is 10.9. The van der Waals surface area contributed by atoms with Crippen molar-refractivity contribution in [3.63, 3.8) is 0 Å². The number of carbonyl (C=O) groups is 1. The third-order valence-corrected chi connectivity index (χ3v) is 6.84. The number of ether oxygens (including phenoxy) is 4. The molecule has 0 saturated carbocycles. The summed E-state index contributed by atoms with van der Waals surface area (Å²) in [6.07, 6.45) is -4.53. The maximum Gasteiger partial charge on any atom is 0.573 e. The summed E-state index contributed by atoms with van der Waals surface area (Å²) in [5.41, 5.74) is 0.403. The molecule has 0 bridgehead atoms. The second kappa shape index (κ2) is 14.8. The van der Waals surface area contributed by atoms with Gasteiger partial charge in [-0.3, -0.25) is 0 Å².